The number of ether oxygens (including phenoxy) is 1. The summed E-state index contributed by atoms with van der Waals surface area (Å²) >= 11 is 0. The van der Waals surface area contributed by atoms with Crippen molar-refractivity contribution in [1.82, 2.24) is 0 Å². The molecule has 0 aliphatic carbocycles. The second kappa shape index (κ2) is 19.2. The molecule has 0 aromatic rings. The lowest BCUT2D eigenvalue weighted by molar-refractivity contribution is -0.143. The minimum Gasteiger partial charge on any atom is -0.466 e. The molecule has 0 N–H and O–H groups in total. The number of rotatable bonds is 14. The summed E-state index contributed by atoms with van der Waals surface area (Å²) in [5.74, 6) is -0.0927. The molecular weight excluding hydrogens is 296 g/mol. The highest BCUT2D eigenvalue weighted by Crippen LogP contribution is 2.00. The average Bonchev–Trinajstić information content (AvgIpc) is 2.58. The van der Waals surface area contributed by atoms with E-state index in [2.05, 4.69) is 67.7 Å². The Balaban J connectivity index is 3.48. The molecule has 134 valence electrons. The van der Waals surface area contributed by atoms with Gasteiger partial charge in [0, 0.05) is 6.42 Å². The van der Waals surface area contributed by atoms with Crippen LogP contribution < -0.4 is 0 Å². The van der Waals surface area contributed by atoms with Crippen LogP contribution in [0, 0.1) is 0 Å². The molecule has 0 radical (unpaired) electrons. The molecule has 2 heteroatoms. The van der Waals surface area contributed by atoms with Crippen LogP contribution >= 0.6 is 0 Å². The number of carbonyl (C=O) groups excluding carboxylic acids is 1. The SMILES string of the molecule is CC/C=C\C/C=C\C/C=C/C/C=C\C/C=C\CCCC(=O)OCC. The van der Waals surface area contributed by atoms with E-state index >= 15 is 0 Å². The predicted molar refractivity (Wildman–Crippen MR) is 105 cm³/mol. The van der Waals surface area contributed by atoms with E-state index < -0.39 is 0 Å². The minimum absolute atomic E-state index is 0.0927. The molecule has 0 aliphatic rings. The van der Waals surface area contributed by atoms with Gasteiger partial charge in [-0.05, 0) is 51.9 Å². The van der Waals surface area contributed by atoms with E-state index in [0.717, 1.165) is 44.9 Å². The summed E-state index contributed by atoms with van der Waals surface area (Å²) in [5, 5.41) is 0. The molecule has 2 nitrogen and oxygen atoms in total. The van der Waals surface area contributed by atoms with E-state index in [1.165, 1.54) is 0 Å². The van der Waals surface area contributed by atoms with Crippen molar-refractivity contribution in [3.8, 4) is 0 Å². The van der Waals surface area contributed by atoms with E-state index in [9.17, 15) is 4.79 Å². The Bertz CT molecular complexity index is 425. The van der Waals surface area contributed by atoms with Crippen LogP contribution in [0.25, 0.3) is 0 Å². The molecule has 0 bridgehead atoms. The second-order valence-corrected chi connectivity index (χ2v) is 5.41. The lowest BCUT2D eigenvalue weighted by Gasteiger charge is -1.98. The lowest BCUT2D eigenvalue weighted by atomic mass is 10.2. The van der Waals surface area contributed by atoms with Gasteiger partial charge in [0.25, 0.3) is 0 Å². The number of hydrogen-bond donors (Lipinski definition) is 0. The zero-order chi connectivity index (χ0) is 17.7. The molecule has 0 spiro atoms. The average molecular weight is 331 g/mol. The zero-order valence-corrected chi connectivity index (χ0v) is 15.5. The Morgan fingerprint density at radius 3 is 1.62 bits per heavy atom. The minimum atomic E-state index is -0.0927. The molecular formula is C22H34O2. The van der Waals surface area contributed by atoms with Crippen LogP contribution in [0.15, 0.2) is 60.8 Å². The first-order valence-corrected chi connectivity index (χ1v) is 9.21. The van der Waals surface area contributed by atoms with Crippen molar-refractivity contribution < 1.29 is 9.53 Å². The standard InChI is InChI=1S/C22H34O2/c1-3-5-6-7-8-9-10-11-12-13-14-15-16-17-18-19-20-21-22(23)24-4-2/h5-6,8-9,11-12,14-15,17-18H,3-4,7,10,13,16,19-21H2,1-2H3/b6-5-,9-8-,12-11+,15-14-,18-17-. The van der Waals surface area contributed by atoms with Crippen molar-refractivity contribution in [2.75, 3.05) is 6.61 Å². The molecule has 0 aromatic heterocycles. The van der Waals surface area contributed by atoms with Gasteiger partial charge in [-0.3, -0.25) is 4.79 Å². The third-order valence-corrected chi connectivity index (χ3v) is 3.21. The maximum Gasteiger partial charge on any atom is 0.305 e. The number of esters is 1. The molecule has 24 heavy (non-hydrogen) atoms. The van der Waals surface area contributed by atoms with Gasteiger partial charge in [-0.15, -0.1) is 0 Å². The fourth-order valence-corrected chi connectivity index (χ4v) is 1.97. The first-order chi connectivity index (χ1) is 11.8. The summed E-state index contributed by atoms with van der Waals surface area (Å²) in [7, 11) is 0. The molecule has 0 saturated heterocycles. The van der Waals surface area contributed by atoms with Gasteiger partial charge in [-0.25, -0.2) is 0 Å². The van der Waals surface area contributed by atoms with Crippen LogP contribution in [-0.4, -0.2) is 12.6 Å². The summed E-state index contributed by atoms with van der Waals surface area (Å²) in [4.78, 5) is 11.1. The fraction of sp³-hybridized carbons (Fsp3) is 0.500. The van der Waals surface area contributed by atoms with Crippen LogP contribution in [0.4, 0.5) is 0 Å². The summed E-state index contributed by atoms with van der Waals surface area (Å²) < 4.78 is 4.88. The van der Waals surface area contributed by atoms with E-state index in [0.29, 0.717) is 13.0 Å². The molecule has 0 atom stereocenters. The predicted octanol–water partition coefficient (Wildman–Crippen LogP) is 6.47. The highest BCUT2D eigenvalue weighted by atomic mass is 16.5. The van der Waals surface area contributed by atoms with Crippen molar-refractivity contribution in [2.24, 2.45) is 0 Å². The van der Waals surface area contributed by atoms with Crippen molar-refractivity contribution in [2.45, 2.75) is 65.2 Å². The molecule has 0 amide bonds. The summed E-state index contributed by atoms with van der Waals surface area (Å²) in [6.07, 6.45) is 29.3. The van der Waals surface area contributed by atoms with Crippen LogP contribution in [0.5, 0.6) is 0 Å². The van der Waals surface area contributed by atoms with Gasteiger partial charge in [0.05, 0.1) is 6.61 Å². The van der Waals surface area contributed by atoms with E-state index in [1.54, 1.807) is 0 Å². The van der Waals surface area contributed by atoms with E-state index in [4.69, 9.17) is 4.74 Å². The number of unbranched alkanes of at least 4 members (excludes halogenated alkanes) is 1. The first kappa shape index (κ1) is 22.2. The van der Waals surface area contributed by atoms with Gasteiger partial charge in [-0.2, -0.15) is 0 Å². The Hall–Kier alpha value is -1.83. The molecule has 0 heterocycles. The molecule has 0 aliphatic heterocycles. The number of allylic oxidation sites excluding steroid dienone is 10. The topological polar surface area (TPSA) is 26.3 Å². The fourth-order valence-electron chi connectivity index (χ4n) is 1.97. The van der Waals surface area contributed by atoms with Crippen LogP contribution in [0.2, 0.25) is 0 Å². The van der Waals surface area contributed by atoms with Gasteiger partial charge in [0.1, 0.15) is 0 Å². The smallest absolute Gasteiger partial charge is 0.305 e. The normalized spacial score (nSPS) is 12.6. The third kappa shape index (κ3) is 18.2. The van der Waals surface area contributed by atoms with Crippen LogP contribution in [0.3, 0.4) is 0 Å². The van der Waals surface area contributed by atoms with Gasteiger partial charge in [0.15, 0.2) is 0 Å². The van der Waals surface area contributed by atoms with Gasteiger partial charge < -0.3 is 4.74 Å². The van der Waals surface area contributed by atoms with Gasteiger partial charge in [0.2, 0.25) is 0 Å². The van der Waals surface area contributed by atoms with Gasteiger partial charge >= 0.3 is 5.97 Å². The monoisotopic (exact) mass is 330 g/mol. The maximum atomic E-state index is 11.1. The van der Waals surface area contributed by atoms with Gasteiger partial charge in [-0.1, -0.05) is 67.7 Å². The van der Waals surface area contributed by atoms with Crippen molar-refractivity contribution in [1.29, 1.82) is 0 Å². The first-order valence-electron chi connectivity index (χ1n) is 9.21. The summed E-state index contributed by atoms with van der Waals surface area (Å²) in [6.45, 7) is 4.46. The number of carbonyl (C=O) groups is 1. The largest absolute Gasteiger partial charge is 0.466 e. The quantitative estimate of drug-likeness (QED) is 0.207. The van der Waals surface area contributed by atoms with Crippen molar-refractivity contribution in [3.63, 3.8) is 0 Å². The zero-order valence-electron chi connectivity index (χ0n) is 15.5. The molecule has 0 saturated carbocycles. The van der Waals surface area contributed by atoms with E-state index in [1.807, 2.05) is 6.92 Å². The highest BCUT2D eigenvalue weighted by molar-refractivity contribution is 5.69. The van der Waals surface area contributed by atoms with E-state index in [-0.39, 0.29) is 5.97 Å². The van der Waals surface area contributed by atoms with Crippen molar-refractivity contribution >= 4 is 5.97 Å². The third-order valence-electron chi connectivity index (χ3n) is 3.21. The van der Waals surface area contributed by atoms with Crippen LogP contribution in [-0.2, 0) is 9.53 Å². The maximum absolute atomic E-state index is 11.1. The number of hydrogen-bond acceptors (Lipinski definition) is 2. The summed E-state index contributed by atoms with van der Waals surface area (Å²) in [6, 6.07) is 0. The second-order valence-electron chi connectivity index (χ2n) is 5.41. The Kier molecular flexibility index (Phi) is 17.8. The molecule has 0 aromatic carbocycles. The Morgan fingerprint density at radius 2 is 1.17 bits per heavy atom. The van der Waals surface area contributed by atoms with Crippen LogP contribution in [0.1, 0.15) is 65.2 Å². The lowest BCUT2D eigenvalue weighted by Crippen LogP contribution is -2.02. The molecule has 0 fully saturated rings. The Morgan fingerprint density at radius 1 is 0.708 bits per heavy atom. The molecule has 0 unspecified atom stereocenters. The Labute approximate surface area is 148 Å². The summed E-state index contributed by atoms with van der Waals surface area (Å²) in [5.41, 5.74) is 0. The van der Waals surface area contributed by atoms with Crippen molar-refractivity contribution in [3.05, 3.63) is 60.8 Å². The highest BCUT2D eigenvalue weighted by Gasteiger charge is 1.98. The molecule has 0 rings (SSSR count).